The van der Waals surface area contributed by atoms with E-state index in [2.05, 4.69) is 5.32 Å². The van der Waals surface area contributed by atoms with E-state index < -0.39 is 0 Å². The molecule has 0 aliphatic carbocycles. The van der Waals surface area contributed by atoms with Crippen molar-refractivity contribution >= 4 is 17.5 Å². The molecule has 1 aromatic heterocycles. The third-order valence-corrected chi connectivity index (χ3v) is 3.94. The van der Waals surface area contributed by atoms with Gasteiger partial charge in [0.25, 0.3) is 5.91 Å². The second-order valence-corrected chi connectivity index (χ2v) is 5.42. The molecule has 1 N–H and O–H groups in total. The topological polar surface area (TPSA) is 71.8 Å². The Bertz CT molecular complexity index is 751. The van der Waals surface area contributed by atoms with Crippen LogP contribution in [0.4, 0.5) is 5.69 Å². The molecule has 0 saturated heterocycles. The minimum absolute atomic E-state index is 0.0759. The molecular weight excluding hydrogens is 296 g/mol. The van der Waals surface area contributed by atoms with Gasteiger partial charge in [-0.05, 0) is 36.8 Å². The van der Waals surface area contributed by atoms with Gasteiger partial charge in [-0.2, -0.15) is 0 Å². The maximum Gasteiger partial charge on any atom is 0.255 e. The lowest BCUT2D eigenvalue weighted by molar-refractivity contribution is -0.117. The number of amides is 2. The van der Waals surface area contributed by atoms with Crippen molar-refractivity contribution < 1.29 is 18.7 Å². The van der Waals surface area contributed by atoms with Crippen molar-refractivity contribution in [3.05, 3.63) is 47.4 Å². The van der Waals surface area contributed by atoms with Crippen LogP contribution < -0.4 is 15.0 Å². The number of fused-ring (bicyclic) bond motifs is 1. The molecule has 6 nitrogen and oxygen atoms in total. The van der Waals surface area contributed by atoms with E-state index >= 15 is 0 Å². The van der Waals surface area contributed by atoms with Crippen molar-refractivity contribution in [1.29, 1.82) is 0 Å². The van der Waals surface area contributed by atoms with Crippen molar-refractivity contribution in [1.82, 2.24) is 5.32 Å². The lowest BCUT2D eigenvalue weighted by Crippen LogP contribution is -2.38. The Morgan fingerprint density at radius 2 is 2.13 bits per heavy atom. The molecule has 1 aliphatic heterocycles. The van der Waals surface area contributed by atoms with Crippen molar-refractivity contribution in [2.24, 2.45) is 0 Å². The van der Waals surface area contributed by atoms with Gasteiger partial charge in [0.1, 0.15) is 11.5 Å². The Hall–Kier alpha value is -2.76. The van der Waals surface area contributed by atoms with Gasteiger partial charge < -0.3 is 19.4 Å². The van der Waals surface area contributed by atoms with E-state index in [9.17, 15) is 9.59 Å². The first kappa shape index (κ1) is 15.1. The van der Waals surface area contributed by atoms with Crippen LogP contribution in [0.3, 0.4) is 0 Å². The van der Waals surface area contributed by atoms with E-state index in [1.165, 1.54) is 11.2 Å². The Morgan fingerprint density at radius 3 is 2.87 bits per heavy atom. The van der Waals surface area contributed by atoms with E-state index in [1.54, 1.807) is 20.0 Å². The lowest BCUT2D eigenvalue weighted by Gasteiger charge is -2.18. The predicted octanol–water partition coefficient (Wildman–Crippen LogP) is 1.92. The van der Waals surface area contributed by atoms with E-state index in [0.717, 1.165) is 23.4 Å². The summed E-state index contributed by atoms with van der Waals surface area (Å²) in [5, 5.41) is 2.61. The first-order valence-corrected chi connectivity index (χ1v) is 7.41. The highest BCUT2D eigenvalue weighted by molar-refractivity contribution is 6.00. The van der Waals surface area contributed by atoms with Crippen LogP contribution in [0.5, 0.6) is 5.75 Å². The number of furan rings is 1. The van der Waals surface area contributed by atoms with Crippen molar-refractivity contribution in [2.75, 3.05) is 25.1 Å². The van der Waals surface area contributed by atoms with Gasteiger partial charge in [0.2, 0.25) is 5.91 Å². The summed E-state index contributed by atoms with van der Waals surface area (Å²) in [6, 6.07) is 7.24. The molecule has 2 heterocycles. The van der Waals surface area contributed by atoms with Crippen LogP contribution in [-0.2, 0) is 11.2 Å². The molecule has 120 valence electrons. The number of benzene rings is 1. The number of hydrogen-bond donors (Lipinski definition) is 1. The molecule has 1 aromatic carbocycles. The van der Waals surface area contributed by atoms with Crippen LogP contribution in [0.1, 0.15) is 21.7 Å². The van der Waals surface area contributed by atoms with Crippen LogP contribution in [0.15, 0.2) is 34.9 Å². The van der Waals surface area contributed by atoms with Crippen molar-refractivity contribution in [3.63, 3.8) is 0 Å². The fourth-order valence-electron chi connectivity index (χ4n) is 2.52. The number of anilines is 1. The molecule has 0 fully saturated rings. The Balaban J connectivity index is 1.62. The number of nitrogens with zero attached hydrogens (tertiary/aromatic N) is 1. The smallest absolute Gasteiger partial charge is 0.255 e. The summed E-state index contributed by atoms with van der Waals surface area (Å²) in [4.78, 5) is 25.8. The normalized spacial score (nSPS) is 12.4. The molecule has 2 amide bonds. The van der Waals surface area contributed by atoms with E-state index in [4.69, 9.17) is 9.15 Å². The van der Waals surface area contributed by atoms with E-state index in [1.807, 2.05) is 18.2 Å². The van der Waals surface area contributed by atoms with Crippen LogP contribution in [-0.4, -0.2) is 32.0 Å². The molecule has 2 aromatic rings. The van der Waals surface area contributed by atoms with Gasteiger partial charge in [-0.1, -0.05) is 0 Å². The number of carbonyl (C=O) groups is 2. The summed E-state index contributed by atoms with van der Waals surface area (Å²) in [5.41, 5.74) is 2.32. The Kier molecular flexibility index (Phi) is 4.06. The second-order valence-electron chi connectivity index (χ2n) is 5.42. The van der Waals surface area contributed by atoms with Gasteiger partial charge in [-0.15, -0.1) is 0 Å². The fraction of sp³-hybridized carbons (Fsp3) is 0.294. The quantitative estimate of drug-likeness (QED) is 0.936. The van der Waals surface area contributed by atoms with Crippen LogP contribution in [0, 0.1) is 6.92 Å². The Labute approximate surface area is 134 Å². The summed E-state index contributed by atoms with van der Waals surface area (Å²) in [6.45, 7) is 2.31. The average Bonchev–Trinajstić information content (AvgIpc) is 3.19. The number of ether oxygens (including phenoxy) is 1. The zero-order valence-electron chi connectivity index (χ0n) is 13.1. The summed E-state index contributed by atoms with van der Waals surface area (Å²) in [5.74, 6) is 0.888. The third kappa shape index (κ3) is 3.06. The number of hydrogen-bond acceptors (Lipinski definition) is 4. The molecule has 23 heavy (non-hydrogen) atoms. The van der Waals surface area contributed by atoms with Gasteiger partial charge in [0, 0.05) is 19.2 Å². The minimum Gasteiger partial charge on any atom is -0.493 e. The van der Waals surface area contributed by atoms with Crippen LogP contribution in [0.25, 0.3) is 0 Å². The molecule has 0 spiro atoms. The summed E-state index contributed by atoms with van der Waals surface area (Å²) < 4.78 is 10.5. The minimum atomic E-state index is -0.319. The number of aryl methyl sites for hydroxylation is 1. The molecule has 3 rings (SSSR count). The van der Waals surface area contributed by atoms with Gasteiger partial charge in [0.05, 0.1) is 25.0 Å². The molecular formula is C17H18N2O4. The van der Waals surface area contributed by atoms with Gasteiger partial charge >= 0.3 is 0 Å². The number of carbonyl (C=O) groups excluding carboxylic acids is 2. The van der Waals surface area contributed by atoms with Gasteiger partial charge in [0.15, 0.2) is 0 Å². The molecule has 0 bridgehead atoms. The average molecular weight is 314 g/mol. The SMILES string of the molecule is Cc1occc1C(=O)NCC(=O)N(C)c1ccc2c(c1)CCO2. The molecule has 0 atom stereocenters. The first-order valence-electron chi connectivity index (χ1n) is 7.41. The van der Waals surface area contributed by atoms with Crippen molar-refractivity contribution in [2.45, 2.75) is 13.3 Å². The fourth-order valence-corrected chi connectivity index (χ4v) is 2.52. The van der Waals surface area contributed by atoms with Crippen LogP contribution >= 0.6 is 0 Å². The van der Waals surface area contributed by atoms with Crippen LogP contribution in [0.2, 0.25) is 0 Å². The molecule has 1 aliphatic rings. The monoisotopic (exact) mass is 314 g/mol. The lowest BCUT2D eigenvalue weighted by atomic mass is 10.1. The highest BCUT2D eigenvalue weighted by Crippen LogP contribution is 2.29. The van der Waals surface area contributed by atoms with Crippen molar-refractivity contribution in [3.8, 4) is 5.75 Å². The summed E-state index contributed by atoms with van der Waals surface area (Å²) >= 11 is 0. The zero-order chi connectivity index (χ0) is 16.4. The Morgan fingerprint density at radius 1 is 1.30 bits per heavy atom. The first-order chi connectivity index (χ1) is 11.1. The summed E-state index contributed by atoms with van der Waals surface area (Å²) in [7, 11) is 1.69. The van der Waals surface area contributed by atoms with E-state index in [0.29, 0.717) is 17.9 Å². The highest BCUT2D eigenvalue weighted by Gasteiger charge is 2.18. The van der Waals surface area contributed by atoms with Gasteiger partial charge in [-0.25, -0.2) is 0 Å². The van der Waals surface area contributed by atoms with Gasteiger partial charge in [-0.3, -0.25) is 9.59 Å². The largest absolute Gasteiger partial charge is 0.493 e. The standard InChI is InChI=1S/C17H18N2O4/c1-11-14(6-8-22-11)17(21)18-10-16(20)19(2)13-3-4-15-12(9-13)5-7-23-15/h3-4,6,8-9H,5,7,10H2,1-2H3,(H,18,21). The zero-order valence-corrected chi connectivity index (χ0v) is 13.1. The molecule has 0 radical (unpaired) electrons. The molecule has 6 heteroatoms. The number of nitrogens with one attached hydrogen (secondary N) is 1. The maximum atomic E-state index is 12.3. The maximum absolute atomic E-state index is 12.3. The molecule has 0 unspecified atom stereocenters. The second kappa shape index (κ2) is 6.16. The third-order valence-electron chi connectivity index (χ3n) is 3.94. The number of likely N-dealkylation sites (N-methyl/N-ethyl adjacent to an activating group) is 1. The van der Waals surface area contributed by atoms with E-state index in [-0.39, 0.29) is 18.4 Å². The molecule has 0 saturated carbocycles. The number of rotatable bonds is 4. The predicted molar refractivity (Wildman–Crippen MR) is 84.8 cm³/mol. The highest BCUT2D eigenvalue weighted by atomic mass is 16.5. The summed E-state index contributed by atoms with van der Waals surface area (Å²) in [6.07, 6.45) is 2.30.